The second-order valence-electron chi connectivity index (χ2n) is 10.3. The van der Waals surface area contributed by atoms with Crippen LogP contribution in [0.15, 0.2) is 72.9 Å². The van der Waals surface area contributed by atoms with Crippen LogP contribution in [0.2, 0.25) is 0 Å². The van der Waals surface area contributed by atoms with Crippen LogP contribution in [0.1, 0.15) is 41.1 Å². The monoisotopic (exact) mass is 525 g/mol. The van der Waals surface area contributed by atoms with Gasteiger partial charge in [-0.25, -0.2) is 0 Å². The van der Waals surface area contributed by atoms with Crippen LogP contribution in [0, 0.1) is 13.8 Å². The first kappa shape index (κ1) is 25.0. The second-order valence-corrected chi connectivity index (χ2v) is 10.7. The van der Waals surface area contributed by atoms with Gasteiger partial charge in [-0.05, 0) is 67.7 Å². The normalized spacial score (nSPS) is 20.3. The zero-order valence-corrected chi connectivity index (χ0v) is 23.0. The Morgan fingerprint density at radius 1 is 0.974 bits per heavy atom. The minimum absolute atomic E-state index is 0.00597. The van der Waals surface area contributed by atoms with Crippen molar-refractivity contribution < 1.29 is 4.74 Å². The van der Waals surface area contributed by atoms with Crippen LogP contribution in [-0.4, -0.2) is 63.9 Å². The molecule has 6 nitrogen and oxygen atoms in total. The van der Waals surface area contributed by atoms with E-state index in [1.54, 1.807) is 0 Å². The lowest BCUT2D eigenvalue weighted by Crippen LogP contribution is -2.39. The maximum Gasteiger partial charge on any atom is 0.170 e. The molecule has 0 bridgehead atoms. The van der Waals surface area contributed by atoms with E-state index in [-0.39, 0.29) is 12.1 Å². The molecule has 1 N–H and O–H groups in total. The second kappa shape index (κ2) is 10.8. The number of nitrogens with zero attached hydrogens (tertiary/aromatic N) is 4. The van der Waals surface area contributed by atoms with Crippen molar-refractivity contribution >= 4 is 28.1 Å². The molecule has 4 heterocycles. The summed E-state index contributed by atoms with van der Waals surface area (Å²) in [6.45, 7) is 10.1. The van der Waals surface area contributed by atoms with E-state index in [4.69, 9.17) is 21.9 Å². The summed E-state index contributed by atoms with van der Waals surface area (Å²) in [7, 11) is 0. The fourth-order valence-corrected chi connectivity index (χ4v) is 6.47. The zero-order chi connectivity index (χ0) is 26.1. The summed E-state index contributed by atoms with van der Waals surface area (Å²) in [5.41, 5.74) is 6.00. The number of ether oxygens (including phenoxy) is 1. The molecule has 2 aliphatic rings. The first-order valence-corrected chi connectivity index (χ1v) is 14.0. The number of thiocarbonyl (C=S) groups is 1. The number of aryl methyl sites for hydroxylation is 1. The van der Waals surface area contributed by atoms with E-state index in [1.807, 2.05) is 12.3 Å². The van der Waals surface area contributed by atoms with E-state index >= 15 is 0 Å². The van der Waals surface area contributed by atoms with Gasteiger partial charge in [0.25, 0.3) is 0 Å². The lowest BCUT2D eigenvalue weighted by molar-refractivity contribution is 0.0365. The van der Waals surface area contributed by atoms with Gasteiger partial charge in [0.1, 0.15) is 0 Å². The van der Waals surface area contributed by atoms with Gasteiger partial charge >= 0.3 is 0 Å². The summed E-state index contributed by atoms with van der Waals surface area (Å²) < 4.78 is 7.94. The van der Waals surface area contributed by atoms with Crippen molar-refractivity contribution in [2.45, 2.75) is 32.4 Å². The van der Waals surface area contributed by atoms with Crippen LogP contribution >= 0.6 is 12.2 Å². The molecule has 2 atom stereocenters. The number of nitrogens with one attached hydrogen (secondary N) is 1. The smallest absolute Gasteiger partial charge is 0.170 e. The Bertz CT molecular complexity index is 1420. The molecule has 0 aliphatic carbocycles. The number of benzene rings is 2. The number of hydrogen-bond acceptors (Lipinski definition) is 4. The minimum atomic E-state index is -0.00597. The number of rotatable bonds is 7. The van der Waals surface area contributed by atoms with Gasteiger partial charge in [0.05, 0.1) is 36.7 Å². The van der Waals surface area contributed by atoms with Gasteiger partial charge in [0, 0.05) is 49.1 Å². The lowest BCUT2D eigenvalue weighted by atomic mass is 9.96. The number of fused-ring (bicyclic) bond motifs is 1. The molecular weight excluding hydrogens is 490 g/mol. The van der Waals surface area contributed by atoms with Gasteiger partial charge in [0.2, 0.25) is 0 Å². The van der Waals surface area contributed by atoms with Crippen LogP contribution in [0.4, 0.5) is 0 Å². The molecule has 2 aromatic carbocycles. The largest absolute Gasteiger partial charge is 0.379 e. The Hall–Kier alpha value is -3.26. The van der Waals surface area contributed by atoms with Gasteiger partial charge in [-0.3, -0.25) is 9.88 Å². The fraction of sp³-hybridized carbons (Fsp3) is 0.355. The summed E-state index contributed by atoms with van der Waals surface area (Å²) in [5, 5.41) is 6.95. The SMILES string of the molecule is Cc1cc([C@H]2[C@H](c3ccccn3)NC(=S)N2CCCN2CCOCC2)c(C)n1-c1cccc2ccccc12. The Kier molecular flexibility index (Phi) is 7.15. The number of morpholine rings is 1. The van der Waals surface area contributed by atoms with Crippen molar-refractivity contribution in [3.8, 4) is 5.69 Å². The predicted molar refractivity (Wildman–Crippen MR) is 157 cm³/mol. The van der Waals surface area contributed by atoms with Crippen LogP contribution in [-0.2, 0) is 4.74 Å². The first-order chi connectivity index (χ1) is 18.6. The van der Waals surface area contributed by atoms with E-state index < -0.39 is 0 Å². The lowest BCUT2D eigenvalue weighted by Gasteiger charge is -2.30. The Morgan fingerprint density at radius 2 is 1.76 bits per heavy atom. The Balaban J connectivity index is 1.37. The molecule has 2 aliphatic heterocycles. The van der Waals surface area contributed by atoms with Crippen molar-refractivity contribution in [3.05, 3.63) is 95.6 Å². The first-order valence-electron chi connectivity index (χ1n) is 13.6. The quantitative estimate of drug-likeness (QED) is 0.329. The predicted octanol–water partition coefficient (Wildman–Crippen LogP) is 5.34. The van der Waals surface area contributed by atoms with Gasteiger partial charge in [-0.15, -0.1) is 0 Å². The number of hydrogen-bond donors (Lipinski definition) is 1. The molecule has 2 fully saturated rings. The van der Waals surface area contributed by atoms with E-state index in [0.29, 0.717) is 0 Å². The fourth-order valence-electron chi connectivity index (χ4n) is 6.14. The molecule has 7 heteroatoms. The molecule has 2 aromatic heterocycles. The molecule has 2 saturated heterocycles. The third-order valence-electron chi connectivity index (χ3n) is 7.97. The van der Waals surface area contributed by atoms with Crippen molar-refractivity contribution in [2.75, 3.05) is 39.4 Å². The number of aromatic nitrogens is 2. The summed E-state index contributed by atoms with van der Waals surface area (Å²) in [4.78, 5) is 9.63. The topological polar surface area (TPSA) is 45.6 Å². The van der Waals surface area contributed by atoms with Crippen molar-refractivity contribution in [3.63, 3.8) is 0 Å². The standard InChI is InChI=1S/C31H35N5OS/c1-22-21-26(23(2)36(22)28-13-7-10-24-9-3-4-11-25(24)28)30-29(27-12-5-6-14-32-27)33-31(38)35(30)16-8-15-34-17-19-37-20-18-34/h3-7,9-14,21,29-30H,8,15-20H2,1-2H3,(H,33,38)/t29-,30-/m0/s1. The maximum absolute atomic E-state index is 5.95. The maximum atomic E-state index is 5.95. The molecule has 0 unspecified atom stereocenters. The third-order valence-corrected chi connectivity index (χ3v) is 8.32. The summed E-state index contributed by atoms with van der Waals surface area (Å²) in [6.07, 6.45) is 2.92. The molecule has 0 radical (unpaired) electrons. The van der Waals surface area contributed by atoms with Crippen molar-refractivity contribution in [1.82, 2.24) is 24.7 Å². The summed E-state index contributed by atoms with van der Waals surface area (Å²) >= 11 is 5.95. The zero-order valence-electron chi connectivity index (χ0n) is 22.1. The van der Waals surface area contributed by atoms with Gasteiger partial charge in [-0.2, -0.15) is 0 Å². The Morgan fingerprint density at radius 3 is 2.58 bits per heavy atom. The molecule has 196 valence electrons. The highest BCUT2D eigenvalue weighted by Crippen LogP contribution is 2.42. The van der Waals surface area contributed by atoms with Gasteiger partial charge in [-0.1, -0.05) is 42.5 Å². The minimum Gasteiger partial charge on any atom is -0.379 e. The van der Waals surface area contributed by atoms with Crippen LogP contribution < -0.4 is 5.32 Å². The summed E-state index contributed by atoms with van der Waals surface area (Å²) in [5.74, 6) is 0. The van der Waals surface area contributed by atoms with E-state index in [2.05, 4.69) is 94.2 Å². The van der Waals surface area contributed by atoms with Crippen molar-refractivity contribution in [2.24, 2.45) is 0 Å². The Labute approximate surface area is 230 Å². The number of pyridine rings is 1. The van der Waals surface area contributed by atoms with E-state index in [0.717, 1.165) is 56.6 Å². The molecule has 6 rings (SSSR count). The van der Waals surface area contributed by atoms with Crippen LogP contribution in [0.3, 0.4) is 0 Å². The molecule has 0 saturated carbocycles. The van der Waals surface area contributed by atoms with Crippen LogP contribution in [0.25, 0.3) is 16.5 Å². The molecule has 0 spiro atoms. The highest BCUT2D eigenvalue weighted by molar-refractivity contribution is 7.80. The highest BCUT2D eigenvalue weighted by atomic mass is 32.1. The van der Waals surface area contributed by atoms with E-state index in [9.17, 15) is 0 Å². The summed E-state index contributed by atoms with van der Waals surface area (Å²) in [6, 6.07) is 23.7. The third kappa shape index (κ3) is 4.70. The molecular formula is C31H35N5OS. The highest BCUT2D eigenvalue weighted by Gasteiger charge is 2.41. The average Bonchev–Trinajstić information content (AvgIpc) is 3.43. The van der Waals surface area contributed by atoms with Gasteiger partial charge in [0.15, 0.2) is 5.11 Å². The van der Waals surface area contributed by atoms with E-state index in [1.165, 1.54) is 33.4 Å². The molecule has 0 amide bonds. The average molecular weight is 526 g/mol. The van der Waals surface area contributed by atoms with Gasteiger partial charge < -0.3 is 19.5 Å². The van der Waals surface area contributed by atoms with Crippen LogP contribution in [0.5, 0.6) is 0 Å². The van der Waals surface area contributed by atoms with Crippen molar-refractivity contribution in [1.29, 1.82) is 0 Å². The molecule has 4 aromatic rings. The molecule has 38 heavy (non-hydrogen) atoms.